The fourth-order valence-electron chi connectivity index (χ4n) is 2.09. The first-order valence-corrected chi connectivity index (χ1v) is 7.32. The molecule has 1 aliphatic heterocycles. The molecule has 0 spiro atoms. The van der Waals surface area contributed by atoms with E-state index >= 15 is 0 Å². The summed E-state index contributed by atoms with van der Waals surface area (Å²) in [7, 11) is 0. The second-order valence-corrected chi connectivity index (χ2v) is 6.33. The van der Waals surface area contributed by atoms with Crippen molar-refractivity contribution in [3.63, 3.8) is 0 Å². The average molecular weight is 302 g/mol. The lowest BCUT2D eigenvalue weighted by molar-refractivity contribution is -0.123. The number of piperidine rings is 1. The van der Waals surface area contributed by atoms with Crippen LogP contribution < -0.4 is 11.1 Å². The molecule has 0 atom stereocenters. The van der Waals surface area contributed by atoms with Crippen molar-refractivity contribution in [2.45, 2.75) is 19.4 Å². The van der Waals surface area contributed by atoms with Gasteiger partial charge in [0.25, 0.3) is 0 Å². The van der Waals surface area contributed by atoms with Gasteiger partial charge in [-0.3, -0.25) is 4.79 Å². The number of amides is 3. The summed E-state index contributed by atoms with van der Waals surface area (Å²) >= 11 is 7.27. The summed E-state index contributed by atoms with van der Waals surface area (Å²) < 4.78 is 0.714. The molecule has 1 aromatic heterocycles. The molecule has 3 amide bonds. The zero-order chi connectivity index (χ0) is 13.8. The molecule has 2 heterocycles. The van der Waals surface area contributed by atoms with Gasteiger partial charge in [0.05, 0.1) is 10.9 Å². The van der Waals surface area contributed by atoms with Gasteiger partial charge in [0.15, 0.2) is 0 Å². The van der Waals surface area contributed by atoms with Crippen LogP contribution in [0.3, 0.4) is 0 Å². The predicted octanol–water partition coefficient (Wildman–Crippen LogP) is 1.81. The Hall–Kier alpha value is -1.27. The number of nitrogens with two attached hydrogens (primary N) is 1. The second-order valence-electron chi connectivity index (χ2n) is 4.53. The number of nitrogens with one attached hydrogen (secondary N) is 1. The van der Waals surface area contributed by atoms with Gasteiger partial charge in [-0.05, 0) is 25.0 Å². The van der Waals surface area contributed by atoms with Crippen LogP contribution in [-0.2, 0) is 11.3 Å². The maximum absolute atomic E-state index is 11.9. The Kier molecular flexibility index (Phi) is 4.66. The molecule has 2 rings (SSSR count). The summed E-state index contributed by atoms with van der Waals surface area (Å²) in [6, 6.07) is 3.60. The number of nitrogens with zero attached hydrogens (tertiary/aromatic N) is 1. The van der Waals surface area contributed by atoms with E-state index in [-0.39, 0.29) is 17.9 Å². The van der Waals surface area contributed by atoms with E-state index in [2.05, 4.69) is 5.32 Å². The number of likely N-dealkylation sites (tertiary alicyclic amines) is 1. The molecule has 19 heavy (non-hydrogen) atoms. The number of urea groups is 1. The monoisotopic (exact) mass is 301 g/mol. The van der Waals surface area contributed by atoms with Crippen molar-refractivity contribution in [2.24, 2.45) is 11.7 Å². The van der Waals surface area contributed by atoms with Crippen LogP contribution in [0.2, 0.25) is 4.34 Å². The first kappa shape index (κ1) is 14.1. The molecule has 3 N–H and O–H groups in total. The highest BCUT2D eigenvalue weighted by Crippen LogP contribution is 2.21. The Morgan fingerprint density at radius 1 is 1.42 bits per heavy atom. The molecule has 0 aromatic carbocycles. The van der Waals surface area contributed by atoms with Crippen molar-refractivity contribution >= 4 is 34.9 Å². The van der Waals surface area contributed by atoms with Crippen LogP contribution in [-0.4, -0.2) is 29.9 Å². The molecule has 7 heteroatoms. The smallest absolute Gasteiger partial charge is 0.317 e. The lowest BCUT2D eigenvalue weighted by Gasteiger charge is -2.30. The largest absolute Gasteiger partial charge is 0.369 e. The molecule has 1 aromatic rings. The van der Waals surface area contributed by atoms with Crippen LogP contribution in [0, 0.1) is 5.92 Å². The van der Waals surface area contributed by atoms with Gasteiger partial charge in [-0.1, -0.05) is 11.6 Å². The average Bonchev–Trinajstić information content (AvgIpc) is 2.82. The van der Waals surface area contributed by atoms with Crippen molar-refractivity contribution < 1.29 is 9.59 Å². The van der Waals surface area contributed by atoms with Crippen LogP contribution in [0.1, 0.15) is 17.7 Å². The fourth-order valence-corrected chi connectivity index (χ4v) is 3.12. The number of halogens is 1. The quantitative estimate of drug-likeness (QED) is 0.893. The first-order chi connectivity index (χ1) is 9.06. The maximum atomic E-state index is 11.9. The summed E-state index contributed by atoms with van der Waals surface area (Å²) in [5.74, 6) is -0.367. The molecule has 0 saturated carbocycles. The summed E-state index contributed by atoms with van der Waals surface area (Å²) in [5.41, 5.74) is 5.26. The van der Waals surface area contributed by atoms with Crippen LogP contribution >= 0.6 is 22.9 Å². The van der Waals surface area contributed by atoms with Crippen molar-refractivity contribution in [3.8, 4) is 0 Å². The third kappa shape index (κ3) is 3.84. The van der Waals surface area contributed by atoms with Gasteiger partial charge >= 0.3 is 6.03 Å². The molecule has 1 fully saturated rings. The molecule has 1 saturated heterocycles. The molecular formula is C12H16ClN3O2S. The Balaban J connectivity index is 1.77. The molecule has 5 nitrogen and oxygen atoms in total. The van der Waals surface area contributed by atoms with E-state index in [0.29, 0.717) is 36.8 Å². The predicted molar refractivity (Wildman–Crippen MR) is 75.1 cm³/mol. The zero-order valence-electron chi connectivity index (χ0n) is 10.4. The number of rotatable bonds is 3. The Morgan fingerprint density at radius 2 is 2.11 bits per heavy atom. The van der Waals surface area contributed by atoms with E-state index in [1.807, 2.05) is 12.1 Å². The minimum Gasteiger partial charge on any atom is -0.369 e. The SMILES string of the molecule is NC(=O)C1CCN(C(=O)NCc2ccc(Cl)s2)CC1. The van der Waals surface area contributed by atoms with E-state index in [1.54, 1.807) is 4.90 Å². The van der Waals surface area contributed by atoms with Gasteiger partial charge in [0, 0.05) is 23.9 Å². The van der Waals surface area contributed by atoms with Crippen molar-refractivity contribution in [3.05, 3.63) is 21.3 Å². The van der Waals surface area contributed by atoms with E-state index < -0.39 is 0 Å². The van der Waals surface area contributed by atoms with E-state index in [1.165, 1.54) is 11.3 Å². The highest BCUT2D eigenvalue weighted by molar-refractivity contribution is 7.16. The molecule has 0 aliphatic carbocycles. The molecule has 104 valence electrons. The van der Waals surface area contributed by atoms with Gasteiger partial charge in [0.2, 0.25) is 5.91 Å². The Labute approximate surface area is 120 Å². The zero-order valence-corrected chi connectivity index (χ0v) is 12.0. The summed E-state index contributed by atoms with van der Waals surface area (Å²) in [6.07, 6.45) is 1.29. The first-order valence-electron chi connectivity index (χ1n) is 6.12. The van der Waals surface area contributed by atoms with Crippen LogP contribution in [0.15, 0.2) is 12.1 Å². The Bertz CT molecular complexity index is 469. The standard InChI is InChI=1S/C12H16ClN3O2S/c13-10-2-1-9(19-10)7-15-12(18)16-5-3-8(4-6-16)11(14)17/h1-2,8H,3-7H2,(H2,14,17)(H,15,18). The highest BCUT2D eigenvalue weighted by Gasteiger charge is 2.25. The van der Waals surface area contributed by atoms with Gasteiger partial charge < -0.3 is 16.0 Å². The summed E-state index contributed by atoms with van der Waals surface area (Å²) in [4.78, 5) is 25.7. The second kappa shape index (κ2) is 6.25. The molecule has 0 unspecified atom stereocenters. The minimum absolute atomic E-state index is 0.0971. The number of thiophene rings is 1. The fraction of sp³-hybridized carbons (Fsp3) is 0.500. The maximum Gasteiger partial charge on any atom is 0.317 e. The lowest BCUT2D eigenvalue weighted by Crippen LogP contribution is -2.46. The van der Waals surface area contributed by atoms with Crippen LogP contribution in [0.25, 0.3) is 0 Å². The molecule has 0 radical (unpaired) electrons. The number of carbonyl (C=O) groups excluding carboxylic acids is 2. The van der Waals surface area contributed by atoms with Crippen molar-refractivity contribution in [2.75, 3.05) is 13.1 Å². The highest BCUT2D eigenvalue weighted by atomic mass is 35.5. The third-order valence-electron chi connectivity index (χ3n) is 3.23. The van der Waals surface area contributed by atoms with E-state index in [4.69, 9.17) is 17.3 Å². The summed E-state index contributed by atoms with van der Waals surface area (Å²) in [5, 5.41) is 2.85. The number of hydrogen-bond acceptors (Lipinski definition) is 3. The van der Waals surface area contributed by atoms with Gasteiger partial charge in [0.1, 0.15) is 0 Å². The van der Waals surface area contributed by atoms with E-state index in [0.717, 1.165) is 4.88 Å². The number of carbonyl (C=O) groups is 2. The minimum atomic E-state index is -0.270. The van der Waals surface area contributed by atoms with E-state index in [9.17, 15) is 9.59 Å². The number of hydrogen-bond donors (Lipinski definition) is 2. The molecule has 0 bridgehead atoms. The van der Waals surface area contributed by atoms with Gasteiger partial charge in [-0.25, -0.2) is 4.79 Å². The van der Waals surface area contributed by atoms with Crippen LogP contribution in [0.4, 0.5) is 4.79 Å². The van der Waals surface area contributed by atoms with Gasteiger partial charge in [-0.15, -0.1) is 11.3 Å². The summed E-state index contributed by atoms with van der Waals surface area (Å²) in [6.45, 7) is 1.63. The molecule has 1 aliphatic rings. The molecular weight excluding hydrogens is 286 g/mol. The number of primary amides is 1. The normalized spacial score (nSPS) is 16.4. The van der Waals surface area contributed by atoms with Gasteiger partial charge in [-0.2, -0.15) is 0 Å². The topological polar surface area (TPSA) is 75.4 Å². The Morgan fingerprint density at radius 3 is 2.63 bits per heavy atom. The van der Waals surface area contributed by atoms with Crippen LogP contribution in [0.5, 0.6) is 0 Å². The van der Waals surface area contributed by atoms with Crippen molar-refractivity contribution in [1.82, 2.24) is 10.2 Å². The third-order valence-corrected chi connectivity index (χ3v) is 4.46. The lowest BCUT2D eigenvalue weighted by atomic mass is 9.96. The van der Waals surface area contributed by atoms with Crippen molar-refractivity contribution in [1.29, 1.82) is 0 Å².